The molecule has 2 aromatic heterocycles. The van der Waals surface area contributed by atoms with Crippen LogP contribution in [0, 0.1) is 25.2 Å². The smallest absolute Gasteiger partial charge is 0.102 e. The molecule has 84 valence electrons. The number of hydrogen-bond donors (Lipinski definition) is 0. The van der Waals surface area contributed by atoms with E-state index in [1.165, 1.54) is 0 Å². The highest BCUT2D eigenvalue weighted by molar-refractivity contribution is 7.99. The maximum atomic E-state index is 9.15. The number of nitrogens with zero attached hydrogens (tertiary/aromatic N) is 3. The molecular formula is C13H11N3S. The van der Waals surface area contributed by atoms with Crippen LogP contribution in [0.2, 0.25) is 0 Å². The molecule has 0 N–H and O–H groups in total. The molecule has 4 heteroatoms. The minimum atomic E-state index is 0.650. The van der Waals surface area contributed by atoms with Crippen LogP contribution in [0.15, 0.2) is 40.4 Å². The Morgan fingerprint density at radius 3 is 2.59 bits per heavy atom. The van der Waals surface area contributed by atoms with Gasteiger partial charge in [-0.05, 0) is 32.0 Å². The van der Waals surface area contributed by atoms with Gasteiger partial charge >= 0.3 is 0 Å². The average molecular weight is 241 g/mol. The van der Waals surface area contributed by atoms with Crippen molar-refractivity contribution in [3.05, 3.63) is 47.5 Å². The summed E-state index contributed by atoms with van der Waals surface area (Å²) in [6.45, 7) is 3.80. The normalized spacial score (nSPS) is 9.94. The quantitative estimate of drug-likeness (QED) is 0.810. The van der Waals surface area contributed by atoms with E-state index in [1.54, 1.807) is 24.2 Å². The molecule has 2 heterocycles. The largest absolute Gasteiger partial charge is 0.265 e. The van der Waals surface area contributed by atoms with Crippen LogP contribution in [0.4, 0.5) is 0 Å². The first-order valence-corrected chi connectivity index (χ1v) is 5.98. The van der Waals surface area contributed by atoms with Gasteiger partial charge in [0.2, 0.25) is 0 Å². The van der Waals surface area contributed by atoms with Crippen molar-refractivity contribution >= 4 is 11.8 Å². The van der Waals surface area contributed by atoms with Crippen LogP contribution in [0.25, 0.3) is 0 Å². The first-order chi connectivity index (χ1) is 8.20. The van der Waals surface area contributed by atoms with Crippen molar-refractivity contribution in [2.75, 3.05) is 0 Å². The highest BCUT2D eigenvalue weighted by atomic mass is 32.2. The summed E-state index contributed by atoms with van der Waals surface area (Å²) in [5, 5.41) is 9.15. The van der Waals surface area contributed by atoms with Gasteiger partial charge in [0.05, 0.1) is 11.3 Å². The number of hydrogen-bond acceptors (Lipinski definition) is 4. The van der Waals surface area contributed by atoms with Crippen molar-refractivity contribution in [3.63, 3.8) is 0 Å². The molecule has 0 bridgehead atoms. The Labute approximate surface area is 105 Å². The molecule has 0 atom stereocenters. The molecule has 0 amide bonds. The standard InChI is InChI=1S/C13H11N3S/c1-9-7-13(12(8-14)10(2)16-9)17-11-3-5-15-6-4-11/h3-7H,1-2H3. The molecule has 0 saturated heterocycles. The Morgan fingerprint density at radius 1 is 1.24 bits per heavy atom. The monoisotopic (exact) mass is 241 g/mol. The highest BCUT2D eigenvalue weighted by Gasteiger charge is 2.09. The Bertz CT molecular complexity index is 573. The van der Waals surface area contributed by atoms with Crippen LogP contribution in [-0.4, -0.2) is 9.97 Å². The lowest BCUT2D eigenvalue weighted by molar-refractivity contribution is 1.07. The second kappa shape index (κ2) is 4.98. The lowest BCUT2D eigenvalue weighted by Crippen LogP contribution is -1.93. The Balaban J connectivity index is 2.43. The fourth-order valence-electron chi connectivity index (χ4n) is 1.54. The van der Waals surface area contributed by atoms with Crippen LogP contribution in [0.1, 0.15) is 17.0 Å². The molecule has 0 unspecified atom stereocenters. The van der Waals surface area contributed by atoms with Crippen LogP contribution in [0.5, 0.6) is 0 Å². The van der Waals surface area contributed by atoms with Crippen LogP contribution in [-0.2, 0) is 0 Å². The molecule has 0 saturated carbocycles. The fraction of sp³-hybridized carbons (Fsp3) is 0.154. The van der Waals surface area contributed by atoms with E-state index in [0.717, 1.165) is 21.2 Å². The van der Waals surface area contributed by atoms with Crippen LogP contribution < -0.4 is 0 Å². The fourth-order valence-corrected chi connectivity index (χ4v) is 2.58. The Hall–Kier alpha value is -1.86. The number of nitriles is 1. The summed E-state index contributed by atoms with van der Waals surface area (Å²) in [5.74, 6) is 0. The van der Waals surface area contributed by atoms with Crippen LogP contribution >= 0.6 is 11.8 Å². The Kier molecular flexibility index (Phi) is 3.40. The van der Waals surface area contributed by atoms with Gasteiger partial charge in [-0.25, -0.2) is 0 Å². The third kappa shape index (κ3) is 2.63. The predicted octanol–water partition coefficient (Wildman–Crippen LogP) is 3.12. The number of aromatic nitrogens is 2. The van der Waals surface area contributed by atoms with E-state index >= 15 is 0 Å². The minimum absolute atomic E-state index is 0.650. The van der Waals surface area contributed by atoms with Gasteiger partial charge in [0, 0.05) is 27.9 Å². The van der Waals surface area contributed by atoms with Gasteiger partial charge in [0.25, 0.3) is 0 Å². The van der Waals surface area contributed by atoms with Gasteiger partial charge in [-0.15, -0.1) is 0 Å². The summed E-state index contributed by atoms with van der Waals surface area (Å²) < 4.78 is 0. The van der Waals surface area contributed by atoms with Crippen molar-refractivity contribution in [2.45, 2.75) is 23.6 Å². The zero-order chi connectivity index (χ0) is 12.3. The van der Waals surface area contributed by atoms with Crippen molar-refractivity contribution in [1.82, 2.24) is 9.97 Å². The minimum Gasteiger partial charge on any atom is -0.265 e. The van der Waals surface area contributed by atoms with Crippen molar-refractivity contribution in [3.8, 4) is 6.07 Å². The first-order valence-electron chi connectivity index (χ1n) is 5.17. The average Bonchev–Trinajstić information content (AvgIpc) is 2.30. The van der Waals surface area contributed by atoms with Gasteiger partial charge in [0.1, 0.15) is 6.07 Å². The number of aryl methyl sites for hydroxylation is 2. The molecule has 0 fully saturated rings. The maximum absolute atomic E-state index is 9.15. The zero-order valence-corrected chi connectivity index (χ0v) is 10.5. The molecule has 0 aliphatic carbocycles. The summed E-state index contributed by atoms with van der Waals surface area (Å²) in [6.07, 6.45) is 3.49. The number of pyridine rings is 2. The molecule has 0 aliphatic heterocycles. The lowest BCUT2D eigenvalue weighted by Gasteiger charge is -2.07. The van der Waals surface area contributed by atoms with E-state index in [9.17, 15) is 0 Å². The van der Waals surface area contributed by atoms with Crippen molar-refractivity contribution in [1.29, 1.82) is 5.26 Å². The highest BCUT2D eigenvalue weighted by Crippen LogP contribution is 2.31. The summed E-state index contributed by atoms with van der Waals surface area (Å²) in [7, 11) is 0. The van der Waals surface area contributed by atoms with E-state index in [-0.39, 0.29) is 0 Å². The molecule has 0 aromatic carbocycles. The molecule has 2 aromatic rings. The zero-order valence-electron chi connectivity index (χ0n) is 9.64. The molecule has 17 heavy (non-hydrogen) atoms. The molecule has 2 rings (SSSR count). The topological polar surface area (TPSA) is 49.6 Å². The van der Waals surface area contributed by atoms with Crippen molar-refractivity contribution in [2.24, 2.45) is 0 Å². The summed E-state index contributed by atoms with van der Waals surface area (Å²) in [4.78, 5) is 10.3. The van der Waals surface area contributed by atoms with Gasteiger partial charge in [0.15, 0.2) is 0 Å². The predicted molar refractivity (Wildman–Crippen MR) is 66.8 cm³/mol. The maximum Gasteiger partial charge on any atom is 0.102 e. The van der Waals surface area contributed by atoms with Gasteiger partial charge in [-0.3, -0.25) is 9.97 Å². The van der Waals surface area contributed by atoms with E-state index in [1.807, 2.05) is 32.0 Å². The van der Waals surface area contributed by atoms with E-state index in [2.05, 4.69) is 16.0 Å². The van der Waals surface area contributed by atoms with E-state index in [0.29, 0.717) is 5.56 Å². The second-order valence-electron chi connectivity index (χ2n) is 3.62. The SMILES string of the molecule is Cc1cc(Sc2ccncc2)c(C#N)c(C)n1. The molecule has 0 aliphatic rings. The molecule has 0 spiro atoms. The first kappa shape index (κ1) is 11.6. The summed E-state index contributed by atoms with van der Waals surface area (Å²) >= 11 is 1.56. The van der Waals surface area contributed by atoms with Gasteiger partial charge in [-0.2, -0.15) is 5.26 Å². The number of rotatable bonds is 2. The Morgan fingerprint density at radius 2 is 1.94 bits per heavy atom. The molecular weight excluding hydrogens is 230 g/mol. The van der Waals surface area contributed by atoms with Crippen molar-refractivity contribution < 1.29 is 0 Å². The summed E-state index contributed by atoms with van der Waals surface area (Å²) in [6, 6.07) is 8.01. The second-order valence-corrected chi connectivity index (χ2v) is 4.73. The third-order valence-corrected chi connectivity index (χ3v) is 3.33. The van der Waals surface area contributed by atoms with Crippen LogP contribution in [0.3, 0.4) is 0 Å². The van der Waals surface area contributed by atoms with Gasteiger partial charge < -0.3 is 0 Å². The lowest BCUT2D eigenvalue weighted by atomic mass is 10.2. The molecule has 0 radical (unpaired) electrons. The van der Waals surface area contributed by atoms with E-state index in [4.69, 9.17) is 5.26 Å². The van der Waals surface area contributed by atoms with E-state index < -0.39 is 0 Å². The molecule has 3 nitrogen and oxygen atoms in total. The summed E-state index contributed by atoms with van der Waals surface area (Å²) in [5.41, 5.74) is 2.36. The van der Waals surface area contributed by atoms with Gasteiger partial charge in [-0.1, -0.05) is 11.8 Å². The third-order valence-electron chi connectivity index (χ3n) is 2.28.